The first-order valence-corrected chi connectivity index (χ1v) is 7.99. The third kappa shape index (κ3) is 5.69. The normalized spacial score (nSPS) is 12.9. The molecule has 0 spiro atoms. The Balaban J connectivity index is 2.42. The van der Waals surface area contributed by atoms with Gasteiger partial charge < -0.3 is 10.1 Å². The summed E-state index contributed by atoms with van der Waals surface area (Å²) in [5.41, 5.74) is -1.88. The van der Waals surface area contributed by atoms with E-state index in [1.807, 2.05) is 5.32 Å². The topological polar surface area (TPSA) is 68.3 Å². The van der Waals surface area contributed by atoms with Crippen LogP contribution in [0.25, 0.3) is 0 Å². The van der Waals surface area contributed by atoms with Gasteiger partial charge in [0, 0.05) is 6.20 Å². The second kappa shape index (κ2) is 8.50. The second-order valence-electron chi connectivity index (χ2n) is 5.81. The number of hydrogen-bond donors (Lipinski definition) is 1. The number of methoxy groups -OCH3 is 1. The maximum absolute atomic E-state index is 12.9. The summed E-state index contributed by atoms with van der Waals surface area (Å²) in [5, 5.41) is 2.02. The van der Waals surface area contributed by atoms with Crippen LogP contribution in [0.4, 0.5) is 32.0 Å². The molecule has 2 aromatic rings. The third-order valence-electron chi connectivity index (χ3n) is 3.79. The molecular formula is C18H14F6N2O3. The van der Waals surface area contributed by atoms with E-state index in [0.29, 0.717) is 12.1 Å². The number of ether oxygens (including phenoxy) is 1. The number of pyridine rings is 1. The van der Waals surface area contributed by atoms with Crippen molar-refractivity contribution in [3.63, 3.8) is 0 Å². The summed E-state index contributed by atoms with van der Waals surface area (Å²) in [6, 6.07) is 5.65. The molecule has 5 nitrogen and oxygen atoms in total. The number of hydrogen-bond acceptors (Lipinski definition) is 5. The lowest BCUT2D eigenvalue weighted by molar-refractivity contribution is -0.141. The van der Waals surface area contributed by atoms with E-state index in [2.05, 4.69) is 9.72 Å². The van der Waals surface area contributed by atoms with Crippen LogP contribution < -0.4 is 5.32 Å². The van der Waals surface area contributed by atoms with Gasteiger partial charge in [0.2, 0.25) is 5.78 Å². The van der Waals surface area contributed by atoms with Gasteiger partial charge in [0.05, 0.1) is 18.4 Å². The molecule has 0 aliphatic heterocycles. The zero-order valence-corrected chi connectivity index (χ0v) is 14.8. The fourth-order valence-electron chi connectivity index (χ4n) is 2.45. The highest BCUT2D eigenvalue weighted by Crippen LogP contribution is 2.32. The number of carbonyl (C=O) groups is 2. The Morgan fingerprint density at radius 3 is 2.21 bits per heavy atom. The highest BCUT2D eigenvalue weighted by atomic mass is 19.4. The number of benzene rings is 1. The van der Waals surface area contributed by atoms with Gasteiger partial charge in [-0.2, -0.15) is 26.3 Å². The Labute approximate surface area is 160 Å². The molecule has 1 atom stereocenters. The molecule has 156 valence electrons. The smallest absolute Gasteiger partial charge is 0.416 e. The molecule has 1 N–H and O–H groups in total. The van der Waals surface area contributed by atoms with Gasteiger partial charge in [-0.1, -0.05) is 12.1 Å². The lowest BCUT2D eigenvalue weighted by Crippen LogP contribution is -2.27. The van der Waals surface area contributed by atoms with Crippen molar-refractivity contribution in [3.8, 4) is 0 Å². The van der Waals surface area contributed by atoms with Gasteiger partial charge in [0.15, 0.2) is 0 Å². The molecule has 0 aliphatic carbocycles. The van der Waals surface area contributed by atoms with Crippen LogP contribution in [0.1, 0.15) is 27.5 Å². The quantitative estimate of drug-likeness (QED) is 0.328. The molecule has 0 amide bonds. The van der Waals surface area contributed by atoms with Crippen molar-refractivity contribution in [1.82, 2.24) is 4.98 Å². The first kappa shape index (κ1) is 22.2. The first-order chi connectivity index (χ1) is 13.4. The lowest BCUT2D eigenvalue weighted by Gasteiger charge is -2.17. The molecule has 29 heavy (non-hydrogen) atoms. The Hall–Kier alpha value is -3.11. The predicted octanol–water partition coefficient (Wildman–Crippen LogP) is 4.21. The van der Waals surface area contributed by atoms with Crippen LogP contribution in [-0.4, -0.2) is 36.6 Å². The van der Waals surface area contributed by atoms with E-state index in [1.54, 1.807) is 0 Å². The highest BCUT2D eigenvalue weighted by Gasteiger charge is 2.35. The van der Waals surface area contributed by atoms with E-state index in [4.69, 9.17) is 0 Å². The van der Waals surface area contributed by atoms with E-state index < -0.39 is 47.8 Å². The summed E-state index contributed by atoms with van der Waals surface area (Å²) in [5.74, 6) is -3.83. The summed E-state index contributed by atoms with van der Waals surface area (Å²) < 4.78 is 80.2. The molecule has 0 radical (unpaired) electrons. The molecule has 1 aromatic carbocycles. The van der Waals surface area contributed by atoms with Crippen molar-refractivity contribution in [2.75, 3.05) is 19.0 Å². The second-order valence-corrected chi connectivity index (χ2v) is 5.81. The molecule has 0 fully saturated rings. The first-order valence-electron chi connectivity index (χ1n) is 7.99. The van der Waals surface area contributed by atoms with Crippen molar-refractivity contribution in [2.24, 2.45) is 0 Å². The van der Waals surface area contributed by atoms with Crippen LogP contribution in [0.3, 0.4) is 0 Å². The van der Waals surface area contributed by atoms with Crippen LogP contribution in [0.2, 0.25) is 0 Å². The van der Waals surface area contributed by atoms with E-state index in [-0.39, 0.29) is 11.3 Å². The third-order valence-corrected chi connectivity index (χ3v) is 3.79. The maximum Gasteiger partial charge on any atom is 0.416 e. The molecule has 0 saturated heterocycles. The van der Waals surface area contributed by atoms with Crippen LogP contribution in [0.15, 0.2) is 42.6 Å². The fourth-order valence-corrected chi connectivity index (χ4v) is 2.45. The Morgan fingerprint density at radius 2 is 1.69 bits per heavy atom. The summed E-state index contributed by atoms with van der Waals surface area (Å²) in [6.45, 7) is -1.46. The van der Waals surface area contributed by atoms with Gasteiger partial charge >= 0.3 is 18.3 Å². The summed E-state index contributed by atoms with van der Waals surface area (Å²) >= 11 is 0. The van der Waals surface area contributed by atoms with E-state index >= 15 is 0 Å². The minimum Gasteiger partial charge on any atom is -0.468 e. The maximum atomic E-state index is 12.9. The zero-order valence-electron chi connectivity index (χ0n) is 14.8. The molecular weight excluding hydrogens is 406 g/mol. The van der Waals surface area contributed by atoms with Gasteiger partial charge in [-0.3, -0.25) is 14.6 Å². The van der Waals surface area contributed by atoms with E-state index in [9.17, 15) is 35.9 Å². The van der Waals surface area contributed by atoms with Crippen molar-refractivity contribution in [1.29, 1.82) is 0 Å². The number of alkyl halides is 6. The fraction of sp³-hybridized carbons (Fsp3) is 0.278. The summed E-state index contributed by atoms with van der Waals surface area (Å²) in [6.07, 6.45) is -8.07. The standard InChI is InChI=1S/C18H14F6N2O3/c1-29-16(28)13(10-4-6-11(7-5-10)18(22,23)24)15(27)14-12(3-2-8-25-14)26-9-17(19,20)21/h2-8,13,26H,9H2,1H3. The number of Topliss-reactive ketones (excluding diaryl/α,β-unsaturated/α-hetero) is 1. The largest absolute Gasteiger partial charge is 0.468 e. The minimum atomic E-state index is -4.63. The van der Waals surface area contributed by atoms with Crippen LogP contribution >= 0.6 is 0 Å². The zero-order chi connectivity index (χ0) is 21.8. The van der Waals surface area contributed by atoms with Crippen molar-refractivity contribution >= 4 is 17.4 Å². The van der Waals surface area contributed by atoms with Crippen molar-refractivity contribution in [2.45, 2.75) is 18.3 Å². The molecule has 0 saturated carbocycles. The molecule has 1 heterocycles. The average molecular weight is 420 g/mol. The SMILES string of the molecule is COC(=O)C(C(=O)c1ncccc1NCC(F)(F)F)c1ccc(C(F)(F)F)cc1. The van der Waals surface area contributed by atoms with Crippen LogP contribution in [-0.2, 0) is 15.7 Å². The number of anilines is 1. The van der Waals surface area contributed by atoms with Crippen LogP contribution in [0, 0.1) is 0 Å². The number of halogens is 6. The Kier molecular flexibility index (Phi) is 6.50. The number of ketones is 1. The van der Waals surface area contributed by atoms with Gasteiger partial charge in [0.25, 0.3) is 0 Å². The van der Waals surface area contributed by atoms with E-state index in [1.165, 1.54) is 6.07 Å². The predicted molar refractivity (Wildman–Crippen MR) is 89.3 cm³/mol. The minimum absolute atomic E-state index is 0.123. The molecule has 1 aromatic heterocycles. The monoisotopic (exact) mass is 420 g/mol. The molecule has 11 heteroatoms. The van der Waals surface area contributed by atoms with Gasteiger partial charge in [0.1, 0.15) is 18.2 Å². The lowest BCUT2D eigenvalue weighted by atomic mass is 9.91. The van der Waals surface area contributed by atoms with Gasteiger partial charge in [-0.05, 0) is 29.8 Å². The number of esters is 1. The van der Waals surface area contributed by atoms with Crippen LogP contribution in [0.5, 0.6) is 0 Å². The number of nitrogens with zero attached hydrogens (tertiary/aromatic N) is 1. The number of rotatable bonds is 6. The summed E-state index contributed by atoms with van der Waals surface area (Å²) in [7, 11) is 0.966. The van der Waals surface area contributed by atoms with Crippen molar-refractivity contribution in [3.05, 3.63) is 59.4 Å². The molecule has 1 unspecified atom stereocenters. The number of nitrogens with one attached hydrogen (secondary N) is 1. The van der Waals surface area contributed by atoms with Crippen molar-refractivity contribution < 1.29 is 40.7 Å². The Bertz CT molecular complexity index is 878. The summed E-state index contributed by atoms with van der Waals surface area (Å²) in [4.78, 5) is 28.7. The van der Waals surface area contributed by atoms with Gasteiger partial charge in [-0.15, -0.1) is 0 Å². The van der Waals surface area contributed by atoms with Gasteiger partial charge in [-0.25, -0.2) is 0 Å². The molecule has 0 aliphatic rings. The number of aromatic nitrogens is 1. The molecule has 2 rings (SSSR count). The highest BCUT2D eigenvalue weighted by molar-refractivity contribution is 6.14. The van der Waals surface area contributed by atoms with E-state index in [0.717, 1.165) is 31.5 Å². The Morgan fingerprint density at radius 1 is 1.07 bits per heavy atom. The average Bonchev–Trinajstić information content (AvgIpc) is 2.65. The number of carbonyl (C=O) groups excluding carboxylic acids is 2. The molecule has 0 bridgehead atoms.